The van der Waals surface area contributed by atoms with Crippen LogP contribution in [-0.2, 0) is 10.0 Å². The zero-order valence-corrected chi connectivity index (χ0v) is 11.9. The van der Waals surface area contributed by atoms with E-state index in [4.69, 9.17) is 9.56 Å². The Bertz CT molecular complexity index is 707. The van der Waals surface area contributed by atoms with Gasteiger partial charge in [0.1, 0.15) is 0 Å². The van der Waals surface area contributed by atoms with Crippen LogP contribution in [0.15, 0.2) is 50.4 Å². The molecule has 0 unspecified atom stereocenters. The number of anilines is 1. The second-order valence-corrected chi connectivity index (χ2v) is 6.03. The highest BCUT2D eigenvalue weighted by atomic mass is 79.9. The Morgan fingerprint density at radius 3 is 2.32 bits per heavy atom. The topological polar surface area (TPSA) is 102 Å². The summed E-state index contributed by atoms with van der Waals surface area (Å²) in [5.74, 6) is -0.691. The molecule has 1 aromatic carbocycles. The van der Waals surface area contributed by atoms with Gasteiger partial charge in [-0.25, -0.2) is 13.6 Å². The van der Waals surface area contributed by atoms with Gasteiger partial charge >= 0.3 is 0 Å². The maximum atomic E-state index is 11.8. The van der Waals surface area contributed by atoms with Crippen molar-refractivity contribution < 1.29 is 17.6 Å². The van der Waals surface area contributed by atoms with Gasteiger partial charge in [0, 0.05) is 10.2 Å². The van der Waals surface area contributed by atoms with Crippen molar-refractivity contribution in [2.75, 3.05) is 5.32 Å². The van der Waals surface area contributed by atoms with Crippen molar-refractivity contribution in [3.8, 4) is 0 Å². The van der Waals surface area contributed by atoms with Crippen molar-refractivity contribution in [3.63, 3.8) is 0 Å². The molecule has 0 saturated heterocycles. The van der Waals surface area contributed by atoms with E-state index < -0.39 is 21.0 Å². The van der Waals surface area contributed by atoms with Gasteiger partial charge < -0.3 is 9.73 Å². The summed E-state index contributed by atoms with van der Waals surface area (Å²) >= 11 is 3.27. The Labute approximate surface area is 117 Å². The highest BCUT2D eigenvalue weighted by molar-refractivity contribution is 9.10. The van der Waals surface area contributed by atoms with Crippen molar-refractivity contribution in [3.05, 3.63) is 46.6 Å². The molecule has 0 spiro atoms. The Balaban J connectivity index is 2.16. The number of carbonyl (C=O) groups excluding carboxylic acids is 1. The summed E-state index contributed by atoms with van der Waals surface area (Å²) < 4.78 is 27.8. The maximum Gasteiger partial charge on any atom is 0.291 e. The lowest BCUT2D eigenvalue weighted by atomic mass is 10.3. The summed E-state index contributed by atoms with van der Waals surface area (Å²) in [6, 6.07) is 9.26. The van der Waals surface area contributed by atoms with Gasteiger partial charge in [-0.3, -0.25) is 4.79 Å². The molecule has 0 atom stereocenters. The highest BCUT2D eigenvalue weighted by Gasteiger charge is 2.17. The summed E-state index contributed by atoms with van der Waals surface area (Å²) in [4.78, 5) is 11.8. The van der Waals surface area contributed by atoms with Gasteiger partial charge in [0.25, 0.3) is 15.9 Å². The molecule has 100 valence electrons. The van der Waals surface area contributed by atoms with Crippen LogP contribution in [-0.4, -0.2) is 14.3 Å². The number of sulfonamides is 1. The van der Waals surface area contributed by atoms with Crippen molar-refractivity contribution in [2.45, 2.75) is 5.09 Å². The predicted molar refractivity (Wildman–Crippen MR) is 72.2 cm³/mol. The number of halogens is 1. The monoisotopic (exact) mass is 344 g/mol. The van der Waals surface area contributed by atoms with Crippen molar-refractivity contribution in [2.24, 2.45) is 5.14 Å². The minimum absolute atomic E-state index is 0.132. The van der Waals surface area contributed by atoms with Gasteiger partial charge in [-0.1, -0.05) is 15.9 Å². The fourth-order valence-electron chi connectivity index (χ4n) is 1.32. The lowest BCUT2D eigenvalue weighted by Crippen LogP contribution is -2.12. The molecule has 3 N–H and O–H groups in total. The van der Waals surface area contributed by atoms with Gasteiger partial charge in [-0.2, -0.15) is 0 Å². The average molecular weight is 345 g/mol. The van der Waals surface area contributed by atoms with E-state index in [2.05, 4.69) is 21.2 Å². The summed E-state index contributed by atoms with van der Waals surface area (Å²) in [7, 11) is -3.95. The quantitative estimate of drug-likeness (QED) is 0.887. The zero-order chi connectivity index (χ0) is 14.0. The lowest BCUT2D eigenvalue weighted by Gasteiger charge is -2.02. The number of rotatable bonds is 3. The van der Waals surface area contributed by atoms with E-state index in [1.807, 2.05) is 0 Å². The number of furan rings is 1. The van der Waals surface area contributed by atoms with Crippen LogP contribution in [0.5, 0.6) is 0 Å². The van der Waals surface area contributed by atoms with E-state index in [1.165, 1.54) is 6.07 Å². The minimum Gasteiger partial charge on any atom is -0.438 e. The number of amides is 1. The van der Waals surface area contributed by atoms with Crippen LogP contribution < -0.4 is 10.5 Å². The van der Waals surface area contributed by atoms with Crippen LogP contribution in [0.3, 0.4) is 0 Å². The van der Waals surface area contributed by atoms with Gasteiger partial charge in [-0.15, -0.1) is 0 Å². The third kappa shape index (κ3) is 3.43. The van der Waals surface area contributed by atoms with Crippen molar-refractivity contribution in [1.82, 2.24) is 0 Å². The zero-order valence-electron chi connectivity index (χ0n) is 9.46. The third-order valence-electron chi connectivity index (χ3n) is 2.19. The minimum atomic E-state index is -3.95. The number of hydrogen-bond acceptors (Lipinski definition) is 4. The second kappa shape index (κ2) is 5.16. The van der Waals surface area contributed by atoms with E-state index in [0.29, 0.717) is 5.69 Å². The fraction of sp³-hybridized carbons (Fsp3) is 0. The summed E-state index contributed by atoms with van der Waals surface area (Å²) in [5.41, 5.74) is 0.557. The molecule has 1 amide bonds. The number of carbonyl (C=O) groups is 1. The molecule has 8 heteroatoms. The van der Waals surface area contributed by atoms with E-state index in [9.17, 15) is 13.2 Å². The van der Waals surface area contributed by atoms with E-state index >= 15 is 0 Å². The summed E-state index contributed by atoms with van der Waals surface area (Å²) in [5, 5.41) is 6.99. The van der Waals surface area contributed by atoms with E-state index in [1.54, 1.807) is 24.3 Å². The van der Waals surface area contributed by atoms with E-state index in [0.717, 1.165) is 10.5 Å². The normalized spacial score (nSPS) is 11.3. The number of primary sulfonamides is 1. The largest absolute Gasteiger partial charge is 0.438 e. The molecule has 0 saturated carbocycles. The first-order chi connectivity index (χ1) is 8.86. The summed E-state index contributed by atoms with van der Waals surface area (Å²) in [6.07, 6.45) is 0. The molecule has 2 rings (SSSR count). The first kappa shape index (κ1) is 13.8. The molecule has 1 heterocycles. The van der Waals surface area contributed by atoms with Crippen LogP contribution in [0, 0.1) is 0 Å². The molecule has 0 fully saturated rings. The molecule has 19 heavy (non-hydrogen) atoms. The Kier molecular flexibility index (Phi) is 3.74. The Hall–Kier alpha value is -1.64. The predicted octanol–water partition coefficient (Wildman–Crippen LogP) is 1.94. The standard InChI is InChI=1S/C11H9BrN2O4S/c12-7-1-3-8(4-2-7)14-11(15)9-5-6-10(18-9)19(13,16)17/h1-6H,(H,14,15)(H2,13,16,17). The first-order valence-corrected chi connectivity index (χ1v) is 7.40. The fourth-order valence-corrected chi connectivity index (χ4v) is 2.05. The first-order valence-electron chi connectivity index (χ1n) is 5.06. The van der Waals surface area contributed by atoms with Crippen LogP contribution >= 0.6 is 15.9 Å². The number of benzene rings is 1. The molecule has 0 aliphatic rings. The highest BCUT2D eigenvalue weighted by Crippen LogP contribution is 2.17. The van der Waals surface area contributed by atoms with Crippen LogP contribution in [0.25, 0.3) is 0 Å². The molecule has 1 aromatic heterocycles. The SMILES string of the molecule is NS(=O)(=O)c1ccc(C(=O)Nc2ccc(Br)cc2)o1. The number of nitrogens with two attached hydrogens (primary N) is 1. The molecule has 6 nitrogen and oxygen atoms in total. The Morgan fingerprint density at radius 2 is 1.79 bits per heavy atom. The van der Waals surface area contributed by atoms with Crippen LogP contribution in [0.1, 0.15) is 10.6 Å². The number of hydrogen-bond donors (Lipinski definition) is 2. The molecule has 0 aliphatic heterocycles. The maximum absolute atomic E-state index is 11.8. The Morgan fingerprint density at radius 1 is 1.16 bits per heavy atom. The summed E-state index contributed by atoms with van der Waals surface area (Å²) in [6.45, 7) is 0. The molecule has 0 aliphatic carbocycles. The molecular formula is C11H9BrN2O4S. The second-order valence-electron chi connectivity index (χ2n) is 3.62. The van der Waals surface area contributed by atoms with Gasteiger partial charge in [0.05, 0.1) is 0 Å². The van der Waals surface area contributed by atoms with Crippen molar-refractivity contribution in [1.29, 1.82) is 0 Å². The molecule has 2 aromatic rings. The third-order valence-corrected chi connectivity index (χ3v) is 3.50. The van der Waals surface area contributed by atoms with Gasteiger partial charge in [-0.05, 0) is 36.4 Å². The molecule has 0 radical (unpaired) electrons. The van der Waals surface area contributed by atoms with E-state index in [-0.39, 0.29) is 5.76 Å². The van der Waals surface area contributed by atoms with Gasteiger partial charge in [0.2, 0.25) is 5.09 Å². The average Bonchev–Trinajstić information content (AvgIpc) is 2.81. The lowest BCUT2D eigenvalue weighted by molar-refractivity contribution is 0.0991. The van der Waals surface area contributed by atoms with Crippen molar-refractivity contribution >= 4 is 37.5 Å². The number of nitrogens with one attached hydrogen (secondary N) is 1. The molecular weight excluding hydrogens is 336 g/mol. The smallest absolute Gasteiger partial charge is 0.291 e. The molecule has 0 bridgehead atoms. The van der Waals surface area contributed by atoms with Crippen LogP contribution in [0.4, 0.5) is 5.69 Å². The van der Waals surface area contributed by atoms with Crippen LogP contribution in [0.2, 0.25) is 0 Å². The van der Waals surface area contributed by atoms with Gasteiger partial charge in [0.15, 0.2) is 5.76 Å².